The molecular weight excluding hydrogens is 434 g/mol. The van der Waals surface area contributed by atoms with E-state index in [-0.39, 0.29) is 11.7 Å². The number of rotatable bonds is 7. The van der Waals surface area contributed by atoms with Gasteiger partial charge in [0.25, 0.3) is 0 Å². The van der Waals surface area contributed by atoms with E-state index in [0.29, 0.717) is 50.8 Å². The smallest absolute Gasteiger partial charge is 0.230 e. The lowest BCUT2D eigenvalue weighted by molar-refractivity contribution is 0.0382. The molecule has 1 fully saturated rings. The molecule has 0 aliphatic carbocycles. The van der Waals surface area contributed by atoms with Crippen LogP contribution in [0.2, 0.25) is 0 Å². The Labute approximate surface area is 197 Å². The fraction of sp³-hybridized carbons (Fsp3) is 0.346. The van der Waals surface area contributed by atoms with Crippen LogP contribution in [0.5, 0.6) is 23.1 Å². The lowest BCUT2D eigenvalue weighted by Gasteiger charge is -2.27. The minimum atomic E-state index is -0.0886. The first-order valence-corrected chi connectivity index (χ1v) is 11.5. The van der Waals surface area contributed by atoms with Crippen LogP contribution in [-0.2, 0) is 0 Å². The minimum absolute atomic E-state index is 0.0119. The van der Waals surface area contributed by atoms with Gasteiger partial charge in [-0.25, -0.2) is 9.97 Å². The number of aryl methyl sites for hydroxylation is 1. The molecule has 2 aromatic carbocycles. The molecule has 1 unspecified atom stereocenters. The Morgan fingerprint density at radius 3 is 2.65 bits per heavy atom. The van der Waals surface area contributed by atoms with E-state index < -0.39 is 0 Å². The van der Waals surface area contributed by atoms with Gasteiger partial charge in [0.05, 0.1) is 23.4 Å². The van der Waals surface area contributed by atoms with E-state index in [1.165, 1.54) is 25.2 Å². The van der Waals surface area contributed by atoms with Gasteiger partial charge in [0, 0.05) is 31.3 Å². The van der Waals surface area contributed by atoms with Crippen LogP contribution in [-0.4, -0.2) is 41.3 Å². The molecule has 0 saturated carbocycles. The highest BCUT2D eigenvalue weighted by molar-refractivity contribution is 5.87. The second kappa shape index (κ2) is 9.30. The summed E-state index contributed by atoms with van der Waals surface area (Å²) in [5, 5.41) is 1.18. The van der Waals surface area contributed by atoms with Crippen LogP contribution in [0.25, 0.3) is 21.9 Å². The van der Waals surface area contributed by atoms with Crippen LogP contribution in [0.4, 0.5) is 0 Å². The summed E-state index contributed by atoms with van der Waals surface area (Å²) in [7, 11) is 1.61. The zero-order chi connectivity index (χ0) is 23.7. The summed E-state index contributed by atoms with van der Waals surface area (Å²) >= 11 is 0. The van der Waals surface area contributed by atoms with E-state index in [1.807, 2.05) is 12.1 Å². The summed E-state index contributed by atoms with van der Waals surface area (Å²) in [5.41, 5.74) is 1.05. The quantitative estimate of drug-likeness (QED) is 0.378. The molecule has 34 heavy (non-hydrogen) atoms. The van der Waals surface area contributed by atoms with Crippen molar-refractivity contribution in [1.82, 2.24) is 14.9 Å². The molecule has 8 nitrogen and oxygen atoms in total. The van der Waals surface area contributed by atoms with E-state index in [1.54, 1.807) is 32.2 Å². The zero-order valence-corrected chi connectivity index (χ0v) is 19.5. The van der Waals surface area contributed by atoms with Crippen molar-refractivity contribution in [2.24, 2.45) is 0 Å². The molecule has 0 spiro atoms. The maximum Gasteiger partial charge on any atom is 0.230 e. The lowest BCUT2D eigenvalue weighted by Crippen LogP contribution is -2.36. The van der Waals surface area contributed by atoms with Gasteiger partial charge in [-0.3, -0.25) is 9.69 Å². The molecule has 5 rings (SSSR count). The molecular formula is C26H27N3O5. The van der Waals surface area contributed by atoms with Gasteiger partial charge in [0.1, 0.15) is 23.4 Å². The third-order valence-corrected chi connectivity index (χ3v) is 6.08. The summed E-state index contributed by atoms with van der Waals surface area (Å²) in [6, 6.07) is 10.3. The average Bonchev–Trinajstić information content (AvgIpc) is 3.36. The Morgan fingerprint density at radius 1 is 1.06 bits per heavy atom. The first-order valence-electron chi connectivity index (χ1n) is 11.5. The molecule has 4 aromatic rings. The van der Waals surface area contributed by atoms with Gasteiger partial charge >= 0.3 is 0 Å². The van der Waals surface area contributed by atoms with Gasteiger partial charge in [0.2, 0.25) is 5.88 Å². The highest BCUT2D eigenvalue weighted by atomic mass is 16.5. The SMILES string of the molecule is CCC(Oc1cc2ncnc(Oc3ccc4c(=O)cc(C)oc4c3)c2cc1OC)N1CCCC1. The second-order valence-corrected chi connectivity index (χ2v) is 8.40. The van der Waals surface area contributed by atoms with Crippen molar-refractivity contribution >= 4 is 21.9 Å². The van der Waals surface area contributed by atoms with Crippen LogP contribution in [0, 0.1) is 6.92 Å². The molecule has 3 heterocycles. The van der Waals surface area contributed by atoms with Crippen molar-refractivity contribution in [3.63, 3.8) is 0 Å². The largest absolute Gasteiger partial charge is 0.493 e. The number of hydrogen-bond acceptors (Lipinski definition) is 8. The molecule has 176 valence electrons. The molecule has 1 aliphatic rings. The highest BCUT2D eigenvalue weighted by Crippen LogP contribution is 2.37. The molecule has 2 aromatic heterocycles. The Balaban J connectivity index is 1.49. The van der Waals surface area contributed by atoms with Gasteiger partial charge < -0.3 is 18.6 Å². The molecule has 1 aliphatic heterocycles. The number of hydrogen-bond donors (Lipinski definition) is 0. The van der Waals surface area contributed by atoms with Gasteiger partial charge in [0.15, 0.2) is 23.2 Å². The Bertz CT molecular complexity index is 1390. The van der Waals surface area contributed by atoms with E-state index in [2.05, 4.69) is 21.8 Å². The predicted octanol–water partition coefficient (Wildman–Crippen LogP) is 5.06. The fourth-order valence-corrected chi connectivity index (χ4v) is 4.40. The third-order valence-electron chi connectivity index (χ3n) is 6.08. The van der Waals surface area contributed by atoms with E-state index in [9.17, 15) is 4.79 Å². The predicted molar refractivity (Wildman–Crippen MR) is 129 cm³/mol. The van der Waals surface area contributed by atoms with Crippen LogP contribution in [0.3, 0.4) is 0 Å². The van der Waals surface area contributed by atoms with Gasteiger partial charge in [-0.1, -0.05) is 6.92 Å². The standard InChI is InChI=1S/C26H27N3O5/c1-4-25(29-9-5-6-10-29)34-24-14-20-19(13-23(24)31-3)26(28-15-27-20)33-17-7-8-18-21(30)11-16(2)32-22(18)12-17/h7-8,11-15,25H,4-6,9-10H2,1-3H3. The summed E-state index contributed by atoms with van der Waals surface area (Å²) < 4.78 is 23.8. The molecule has 1 saturated heterocycles. The van der Waals surface area contributed by atoms with Crippen LogP contribution < -0.4 is 19.6 Å². The Kier molecular flexibility index (Phi) is 6.06. The van der Waals surface area contributed by atoms with Crippen molar-refractivity contribution in [3.8, 4) is 23.1 Å². The molecule has 0 radical (unpaired) electrons. The van der Waals surface area contributed by atoms with E-state index in [0.717, 1.165) is 19.5 Å². The Morgan fingerprint density at radius 2 is 1.88 bits per heavy atom. The van der Waals surface area contributed by atoms with Crippen molar-refractivity contribution in [1.29, 1.82) is 0 Å². The summed E-state index contributed by atoms with van der Waals surface area (Å²) in [5.74, 6) is 2.64. The van der Waals surface area contributed by atoms with Gasteiger partial charge in [-0.05, 0) is 44.4 Å². The normalized spacial score (nSPS) is 15.0. The monoisotopic (exact) mass is 461 g/mol. The van der Waals surface area contributed by atoms with Crippen molar-refractivity contribution in [2.75, 3.05) is 20.2 Å². The maximum absolute atomic E-state index is 12.2. The molecule has 0 bridgehead atoms. The molecule has 0 N–H and O–H groups in total. The number of methoxy groups -OCH3 is 1. The maximum atomic E-state index is 12.2. The lowest BCUT2D eigenvalue weighted by atomic mass is 10.2. The molecule has 8 heteroatoms. The van der Waals surface area contributed by atoms with Crippen LogP contribution in [0.15, 0.2) is 51.9 Å². The Hall–Kier alpha value is -3.65. The second-order valence-electron chi connectivity index (χ2n) is 8.40. The third kappa shape index (κ3) is 4.28. The summed E-state index contributed by atoms with van der Waals surface area (Å²) in [6.07, 6.45) is 4.71. The van der Waals surface area contributed by atoms with Crippen LogP contribution in [0.1, 0.15) is 31.9 Å². The summed E-state index contributed by atoms with van der Waals surface area (Å²) in [4.78, 5) is 23.3. The van der Waals surface area contributed by atoms with Gasteiger partial charge in [-0.2, -0.15) is 0 Å². The van der Waals surface area contributed by atoms with E-state index >= 15 is 0 Å². The first-order chi connectivity index (χ1) is 16.6. The zero-order valence-electron chi connectivity index (χ0n) is 19.5. The number of ether oxygens (including phenoxy) is 3. The topological polar surface area (TPSA) is 86.9 Å². The number of aromatic nitrogens is 2. The first kappa shape index (κ1) is 22.2. The molecule has 1 atom stereocenters. The van der Waals surface area contributed by atoms with E-state index in [4.69, 9.17) is 18.6 Å². The highest BCUT2D eigenvalue weighted by Gasteiger charge is 2.24. The number of nitrogens with zero attached hydrogens (tertiary/aromatic N) is 3. The fourth-order valence-electron chi connectivity index (χ4n) is 4.40. The van der Waals surface area contributed by atoms with Crippen molar-refractivity contribution in [2.45, 2.75) is 39.3 Å². The summed E-state index contributed by atoms with van der Waals surface area (Å²) in [6.45, 7) is 5.95. The number of benzene rings is 2. The van der Waals surface area contributed by atoms with Gasteiger partial charge in [-0.15, -0.1) is 0 Å². The number of likely N-dealkylation sites (tertiary alicyclic amines) is 1. The van der Waals surface area contributed by atoms with Crippen molar-refractivity contribution < 1.29 is 18.6 Å². The van der Waals surface area contributed by atoms with Crippen LogP contribution >= 0.6 is 0 Å². The average molecular weight is 462 g/mol. The molecule has 0 amide bonds. The van der Waals surface area contributed by atoms with Crippen molar-refractivity contribution in [3.05, 3.63) is 58.7 Å². The minimum Gasteiger partial charge on any atom is -0.493 e. The number of fused-ring (bicyclic) bond motifs is 2.